The molecule has 3 nitrogen and oxygen atoms in total. The summed E-state index contributed by atoms with van der Waals surface area (Å²) >= 11 is 1.60. The minimum atomic E-state index is 0.164. The topological polar surface area (TPSA) is 46.3 Å². The van der Waals surface area contributed by atoms with Crippen molar-refractivity contribution in [3.05, 3.63) is 16.0 Å². The number of carbonyl (C=O) groups excluding carboxylic acids is 1. The highest BCUT2D eigenvalue weighted by Crippen LogP contribution is 2.34. The lowest BCUT2D eigenvalue weighted by atomic mass is 10.0. The number of hydrogen-bond donors (Lipinski definition) is 1. The van der Waals surface area contributed by atoms with Crippen LogP contribution in [0.5, 0.6) is 0 Å². The summed E-state index contributed by atoms with van der Waals surface area (Å²) in [4.78, 5) is 16.0. The summed E-state index contributed by atoms with van der Waals surface area (Å²) < 4.78 is 0. The molecule has 1 aliphatic heterocycles. The largest absolute Gasteiger partial charge is 0.390 e. The first-order chi connectivity index (χ1) is 9.19. The van der Waals surface area contributed by atoms with E-state index in [0.717, 1.165) is 55.8 Å². The van der Waals surface area contributed by atoms with Gasteiger partial charge in [0.15, 0.2) is 0 Å². The molecule has 4 heteroatoms. The monoisotopic (exact) mass is 280 g/mol. The summed E-state index contributed by atoms with van der Waals surface area (Å²) in [5.74, 6) is 0.164. The van der Waals surface area contributed by atoms with Crippen LogP contribution in [0, 0.1) is 0 Å². The number of carbonyl (C=O) groups is 1. The Balaban J connectivity index is 2.31. The van der Waals surface area contributed by atoms with Crippen LogP contribution < -0.4 is 5.73 Å². The molecule has 1 aromatic heterocycles. The molecular weight excluding hydrogens is 256 g/mol. The Morgan fingerprint density at radius 3 is 2.53 bits per heavy atom. The fraction of sp³-hybridized carbons (Fsp3) is 0.667. The van der Waals surface area contributed by atoms with Gasteiger partial charge in [-0.3, -0.25) is 4.79 Å². The molecule has 1 saturated heterocycles. The second-order valence-corrected chi connectivity index (χ2v) is 6.34. The van der Waals surface area contributed by atoms with Crippen molar-refractivity contribution < 1.29 is 4.79 Å². The molecule has 19 heavy (non-hydrogen) atoms. The molecule has 2 N–H and O–H groups in total. The minimum absolute atomic E-state index is 0.164. The second kappa shape index (κ2) is 6.42. The summed E-state index contributed by atoms with van der Waals surface area (Å²) in [6, 6.07) is 0. The van der Waals surface area contributed by atoms with Crippen molar-refractivity contribution in [3.63, 3.8) is 0 Å². The maximum Gasteiger partial charge on any atom is 0.257 e. The Bertz CT molecular complexity index is 447. The third-order valence-corrected chi connectivity index (χ3v) is 5.00. The zero-order chi connectivity index (χ0) is 13.8. The molecule has 1 aliphatic rings. The SMILES string of the molecule is CCCc1c(CC)sc(N)c1C(=O)N1CCCCC1. The Labute approximate surface area is 119 Å². The van der Waals surface area contributed by atoms with E-state index >= 15 is 0 Å². The lowest BCUT2D eigenvalue weighted by Gasteiger charge is -2.27. The van der Waals surface area contributed by atoms with Gasteiger partial charge in [0.2, 0.25) is 0 Å². The maximum absolute atomic E-state index is 12.7. The lowest BCUT2D eigenvalue weighted by molar-refractivity contribution is 0.0724. The quantitative estimate of drug-likeness (QED) is 0.918. The Hall–Kier alpha value is -1.03. The highest BCUT2D eigenvalue weighted by Gasteiger charge is 2.26. The first-order valence-corrected chi connectivity index (χ1v) is 8.19. The van der Waals surface area contributed by atoms with Gasteiger partial charge in [0.05, 0.1) is 10.6 Å². The van der Waals surface area contributed by atoms with E-state index in [-0.39, 0.29) is 5.91 Å². The minimum Gasteiger partial charge on any atom is -0.390 e. The van der Waals surface area contributed by atoms with Crippen molar-refractivity contribution >= 4 is 22.2 Å². The van der Waals surface area contributed by atoms with Crippen LogP contribution in [0.4, 0.5) is 5.00 Å². The predicted octanol–water partition coefficient (Wildman–Crippen LogP) is 3.47. The molecule has 0 spiro atoms. The van der Waals surface area contributed by atoms with Crippen molar-refractivity contribution in [1.82, 2.24) is 4.90 Å². The molecule has 0 atom stereocenters. The van der Waals surface area contributed by atoms with Gasteiger partial charge in [-0.2, -0.15) is 0 Å². The van der Waals surface area contributed by atoms with E-state index in [1.165, 1.54) is 16.9 Å². The number of thiophene rings is 1. The van der Waals surface area contributed by atoms with Gasteiger partial charge >= 0.3 is 0 Å². The van der Waals surface area contributed by atoms with Crippen LogP contribution in [0.15, 0.2) is 0 Å². The molecule has 0 aliphatic carbocycles. The van der Waals surface area contributed by atoms with Crippen molar-refractivity contribution in [3.8, 4) is 0 Å². The first kappa shape index (κ1) is 14.4. The number of likely N-dealkylation sites (tertiary alicyclic amines) is 1. The van der Waals surface area contributed by atoms with Gasteiger partial charge < -0.3 is 10.6 Å². The normalized spacial score (nSPS) is 15.8. The first-order valence-electron chi connectivity index (χ1n) is 7.38. The van der Waals surface area contributed by atoms with Gasteiger partial charge in [-0.15, -0.1) is 11.3 Å². The molecule has 0 unspecified atom stereocenters. The number of hydrogen-bond acceptors (Lipinski definition) is 3. The number of amides is 1. The van der Waals surface area contributed by atoms with Crippen LogP contribution in [-0.4, -0.2) is 23.9 Å². The summed E-state index contributed by atoms with van der Waals surface area (Å²) in [5, 5.41) is 0.718. The van der Waals surface area contributed by atoms with Crippen LogP contribution in [0.1, 0.15) is 60.3 Å². The molecular formula is C15H24N2OS. The molecule has 1 fully saturated rings. The molecule has 1 aromatic rings. The van der Waals surface area contributed by atoms with Crippen molar-refractivity contribution in [2.24, 2.45) is 0 Å². The highest BCUT2D eigenvalue weighted by molar-refractivity contribution is 7.16. The van der Waals surface area contributed by atoms with Crippen molar-refractivity contribution in [2.45, 2.75) is 52.4 Å². The number of nitrogen functional groups attached to an aromatic ring is 1. The van der Waals surface area contributed by atoms with Gasteiger partial charge in [-0.05, 0) is 37.7 Å². The van der Waals surface area contributed by atoms with E-state index in [1.807, 2.05) is 4.90 Å². The number of aryl methyl sites for hydroxylation is 1. The van der Waals surface area contributed by atoms with Gasteiger partial charge in [0, 0.05) is 18.0 Å². The summed E-state index contributed by atoms with van der Waals surface area (Å²) in [6.07, 6.45) is 6.48. The van der Waals surface area contributed by atoms with Gasteiger partial charge in [-0.25, -0.2) is 0 Å². The van der Waals surface area contributed by atoms with Crippen LogP contribution in [0.2, 0.25) is 0 Å². The predicted molar refractivity (Wildman–Crippen MR) is 81.9 cm³/mol. The average molecular weight is 280 g/mol. The van der Waals surface area contributed by atoms with E-state index in [1.54, 1.807) is 11.3 Å². The van der Waals surface area contributed by atoms with E-state index < -0.39 is 0 Å². The van der Waals surface area contributed by atoms with Crippen LogP contribution >= 0.6 is 11.3 Å². The number of anilines is 1. The molecule has 0 radical (unpaired) electrons. The third kappa shape index (κ3) is 2.94. The fourth-order valence-corrected chi connectivity index (χ4v) is 3.87. The van der Waals surface area contributed by atoms with Crippen LogP contribution in [0.3, 0.4) is 0 Å². The molecule has 2 rings (SSSR count). The number of rotatable bonds is 4. The number of piperidine rings is 1. The molecule has 0 bridgehead atoms. The van der Waals surface area contributed by atoms with E-state index in [0.29, 0.717) is 0 Å². The fourth-order valence-electron chi connectivity index (χ4n) is 2.82. The number of nitrogens with two attached hydrogens (primary N) is 1. The van der Waals surface area contributed by atoms with E-state index in [9.17, 15) is 4.79 Å². The standard InChI is InChI=1S/C15H24N2OS/c1-3-8-11-12(4-2)19-14(16)13(11)15(18)17-9-6-5-7-10-17/h3-10,16H2,1-2H3. The summed E-state index contributed by atoms with van der Waals surface area (Å²) in [5.41, 5.74) is 8.15. The summed E-state index contributed by atoms with van der Waals surface area (Å²) in [7, 11) is 0. The maximum atomic E-state index is 12.7. The van der Waals surface area contributed by atoms with Crippen molar-refractivity contribution in [2.75, 3.05) is 18.8 Å². The smallest absolute Gasteiger partial charge is 0.257 e. The molecule has 0 saturated carbocycles. The zero-order valence-corrected chi connectivity index (χ0v) is 12.8. The molecule has 0 aromatic carbocycles. The average Bonchev–Trinajstić information content (AvgIpc) is 2.75. The number of nitrogens with zero attached hydrogens (tertiary/aromatic N) is 1. The Kier molecular flexibility index (Phi) is 4.86. The van der Waals surface area contributed by atoms with Gasteiger partial charge in [0.1, 0.15) is 0 Å². The molecule has 2 heterocycles. The Morgan fingerprint density at radius 1 is 1.26 bits per heavy atom. The van der Waals surface area contributed by atoms with E-state index in [2.05, 4.69) is 13.8 Å². The van der Waals surface area contributed by atoms with Crippen LogP contribution in [0.25, 0.3) is 0 Å². The van der Waals surface area contributed by atoms with Crippen LogP contribution in [-0.2, 0) is 12.8 Å². The third-order valence-electron chi connectivity index (χ3n) is 3.80. The van der Waals surface area contributed by atoms with Gasteiger partial charge in [-0.1, -0.05) is 20.3 Å². The summed E-state index contributed by atoms with van der Waals surface area (Å²) in [6.45, 7) is 6.07. The highest BCUT2D eigenvalue weighted by atomic mass is 32.1. The zero-order valence-electron chi connectivity index (χ0n) is 12.0. The van der Waals surface area contributed by atoms with Gasteiger partial charge in [0.25, 0.3) is 5.91 Å². The lowest BCUT2D eigenvalue weighted by Crippen LogP contribution is -2.36. The Morgan fingerprint density at radius 2 is 1.95 bits per heavy atom. The van der Waals surface area contributed by atoms with E-state index in [4.69, 9.17) is 5.73 Å². The van der Waals surface area contributed by atoms with Crippen molar-refractivity contribution in [1.29, 1.82) is 0 Å². The molecule has 106 valence electrons. The second-order valence-electron chi connectivity index (χ2n) is 5.20. The molecule has 1 amide bonds.